The van der Waals surface area contributed by atoms with E-state index in [1.165, 1.54) is 6.33 Å². The van der Waals surface area contributed by atoms with Gasteiger partial charge in [0.15, 0.2) is 5.75 Å². The maximum atomic E-state index is 6.13. The Labute approximate surface area is 112 Å². The highest BCUT2D eigenvalue weighted by molar-refractivity contribution is 14.1. The number of hydrogen-bond donors (Lipinski definition) is 0. The second-order valence-electron chi connectivity index (χ2n) is 3.62. The van der Waals surface area contributed by atoms with Gasteiger partial charge in [-0.15, -0.1) is 0 Å². The van der Waals surface area contributed by atoms with Crippen molar-refractivity contribution < 1.29 is 4.74 Å². The largest absolute Gasteiger partial charge is 0.488 e. The van der Waals surface area contributed by atoms with Crippen molar-refractivity contribution in [3.8, 4) is 5.75 Å². The Hall–Kier alpha value is -0.620. The summed E-state index contributed by atoms with van der Waals surface area (Å²) in [5.41, 5.74) is 0.764. The van der Waals surface area contributed by atoms with Gasteiger partial charge in [0.05, 0.1) is 14.7 Å². The van der Waals surface area contributed by atoms with Gasteiger partial charge in [0, 0.05) is 11.6 Å². The predicted molar refractivity (Wildman–Crippen MR) is 73.0 cm³/mol. The second kappa shape index (κ2) is 4.71. The van der Waals surface area contributed by atoms with Crippen molar-refractivity contribution in [2.75, 3.05) is 0 Å². The molecule has 0 atom stereocenters. The summed E-state index contributed by atoms with van der Waals surface area (Å²) in [5.74, 6) is 0.775. The zero-order valence-electron chi connectivity index (χ0n) is 8.87. The van der Waals surface area contributed by atoms with Crippen molar-refractivity contribution >= 4 is 45.1 Å². The molecule has 0 spiro atoms. The normalized spacial score (nSPS) is 11.1. The van der Waals surface area contributed by atoms with E-state index in [0.717, 1.165) is 20.2 Å². The van der Waals surface area contributed by atoms with Crippen LogP contribution in [0, 0.1) is 3.57 Å². The van der Waals surface area contributed by atoms with Gasteiger partial charge in [0.25, 0.3) is 0 Å². The molecule has 84 valence electrons. The molecule has 5 heteroatoms. The molecule has 1 aromatic heterocycles. The van der Waals surface area contributed by atoms with E-state index >= 15 is 0 Å². The smallest absolute Gasteiger partial charge is 0.159 e. The summed E-state index contributed by atoms with van der Waals surface area (Å²) in [5, 5.41) is 1.47. The van der Waals surface area contributed by atoms with Gasteiger partial charge >= 0.3 is 0 Å². The van der Waals surface area contributed by atoms with Gasteiger partial charge < -0.3 is 4.74 Å². The Balaban J connectivity index is 2.71. The van der Waals surface area contributed by atoms with Crippen LogP contribution < -0.4 is 4.74 Å². The van der Waals surface area contributed by atoms with Crippen LogP contribution in [0.1, 0.15) is 13.8 Å². The molecule has 0 aliphatic carbocycles. The molecule has 0 bridgehead atoms. The average molecular weight is 349 g/mol. The Kier molecular flexibility index (Phi) is 3.49. The highest BCUT2D eigenvalue weighted by Gasteiger charge is 2.13. The standard InChI is InChI=1S/C11H10ClIN2O/c1-6(2)16-11-9(13)3-8(12)7-4-14-5-15-10(7)11/h3-6H,1-2H3. The van der Waals surface area contributed by atoms with E-state index in [1.54, 1.807) is 6.20 Å². The van der Waals surface area contributed by atoms with Gasteiger partial charge in [-0.2, -0.15) is 0 Å². The molecule has 2 rings (SSSR count). The molecule has 1 heterocycles. The van der Waals surface area contributed by atoms with Gasteiger partial charge in [-0.25, -0.2) is 9.97 Å². The van der Waals surface area contributed by atoms with E-state index in [-0.39, 0.29) is 6.10 Å². The lowest BCUT2D eigenvalue weighted by molar-refractivity contribution is 0.243. The van der Waals surface area contributed by atoms with Gasteiger partial charge in [0.2, 0.25) is 0 Å². The van der Waals surface area contributed by atoms with Crippen LogP contribution in [0.4, 0.5) is 0 Å². The van der Waals surface area contributed by atoms with E-state index in [1.807, 2.05) is 19.9 Å². The van der Waals surface area contributed by atoms with Crippen molar-refractivity contribution in [3.05, 3.63) is 27.2 Å². The van der Waals surface area contributed by atoms with Gasteiger partial charge in [0.1, 0.15) is 11.8 Å². The third-order valence-electron chi connectivity index (χ3n) is 2.01. The van der Waals surface area contributed by atoms with Crippen LogP contribution in [0.2, 0.25) is 5.02 Å². The zero-order valence-corrected chi connectivity index (χ0v) is 11.8. The Morgan fingerprint density at radius 2 is 2.19 bits per heavy atom. The average Bonchev–Trinajstić information content (AvgIpc) is 2.24. The lowest BCUT2D eigenvalue weighted by atomic mass is 10.2. The van der Waals surface area contributed by atoms with Crippen LogP contribution in [-0.2, 0) is 0 Å². The maximum Gasteiger partial charge on any atom is 0.159 e. The molecule has 0 saturated heterocycles. The van der Waals surface area contributed by atoms with E-state index in [9.17, 15) is 0 Å². The SMILES string of the molecule is CC(C)Oc1c(I)cc(Cl)c2cncnc12. The fraction of sp³-hybridized carbons (Fsp3) is 0.273. The first-order valence-corrected chi connectivity index (χ1v) is 6.29. The van der Waals surface area contributed by atoms with Crippen LogP contribution in [0.25, 0.3) is 10.9 Å². The van der Waals surface area contributed by atoms with Gasteiger partial charge in [-0.1, -0.05) is 11.6 Å². The number of rotatable bonds is 2. The molecule has 16 heavy (non-hydrogen) atoms. The number of benzene rings is 1. The minimum atomic E-state index is 0.104. The monoisotopic (exact) mass is 348 g/mol. The topological polar surface area (TPSA) is 35.0 Å². The number of fused-ring (bicyclic) bond motifs is 1. The molecule has 0 saturated carbocycles. The van der Waals surface area contributed by atoms with Crippen molar-refractivity contribution in [3.63, 3.8) is 0 Å². The molecule has 0 fully saturated rings. The summed E-state index contributed by atoms with van der Waals surface area (Å²) >= 11 is 8.33. The van der Waals surface area contributed by atoms with Crippen LogP contribution in [-0.4, -0.2) is 16.1 Å². The third kappa shape index (κ3) is 2.22. The van der Waals surface area contributed by atoms with Crippen LogP contribution in [0.3, 0.4) is 0 Å². The molecule has 0 unspecified atom stereocenters. The third-order valence-corrected chi connectivity index (χ3v) is 3.12. The Morgan fingerprint density at radius 1 is 1.44 bits per heavy atom. The fourth-order valence-corrected chi connectivity index (χ4v) is 2.53. The summed E-state index contributed by atoms with van der Waals surface area (Å²) in [6, 6.07) is 1.87. The first kappa shape index (κ1) is 11.9. The Bertz CT molecular complexity index is 531. The molecule has 0 radical (unpaired) electrons. The van der Waals surface area contributed by atoms with Crippen molar-refractivity contribution in [2.24, 2.45) is 0 Å². The minimum absolute atomic E-state index is 0.104. The summed E-state index contributed by atoms with van der Waals surface area (Å²) < 4.78 is 6.72. The first-order valence-electron chi connectivity index (χ1n) is 4.84. The van der Waals surface area contributed by atoms with Gasteiger partial charge in [-0.05, 0) is 42.5 Å². The van der Waals surface area contributed by atoms with Crippen molar-refractivity contribution in [1.29, 1.82) is 0 Å². The second-order valence-corrected chi connectivity index (χ2v) is 5.19. The molecule has 2 aromatic rings. The molecule has 0 aliphatic heterocycles. The molecular formula is C11H10ClIN2O. The van der Waals surface area contributed by atoms with Crippen LogP contribution in [0.5, 0.6) is 5.75 Å². The lowest BCUT2D eigenvalue weighted by Crippen LogP contribution is -2.07. The van der Waals surface area contributed by atoms with E-state index in [4.69, 9.17) is 16.3 Å². The molecule has 3 nitrogen and oxygen atoms in total. The Morgan fingerprint density at radius 3 is 2.88 bits per heavy atom. The highest BCUT2D eigenvalue weighted by Crippen LogP contribution is 2.34. The van der Waals surface area contributed by atoms with E-state index in [0.29, 0.717) is 5.02 Å². The molecule has 0 amide bonds. The zero-order chi connectivity index (χ0) is 11.7. The van der Waals surface area contributed by atoms with Gasteiger partial charge in [-0.3, -0.25) is 0 Å². The number of ether oxygens (including phenoxy) is 1. The van der Waals surface area contributed by atoms with Crippen LogP contribution >= 0.6 is 34.2 Å². The first-order chi connectivity index (χ1) is 7.59. The summed E-state index contributed by atoms with van der Waals surface area (Å²) in [7, 11) is 0. The quantitative estimate of drug-likeness (QED) is 0.777. The molecule has 1 aromatic carbocycles. The summed E-state index contributed by atoms with van der Waals surface area (Å²) in [6.45, 7) is 3.97. The fourth-order valence-electron chi connectivity index (χ4n) is 1.40. The van der Waals surface area contributed by atoms with Crippen LogP contribution in [0.15, 0.2) is 18.6 Å². The lowest BCUT2D eigenvalue weighted by Gasteiger charge is -2.14. The number of nitrogens with zero attached hydrogens (tertiary/aromatic N) is 2. The van der Waals surface area contributed by atoms with E-state index in [2.05, 4.69) is 32.6 Å². The number of aromatic nitrogens is 2. The maximum absolute atomic E-state index is 6.13. The highest BCUT2D eigenvalue weighted by atomic mass is 127. The summed E-state index contributed by atoms with van der Waals surface area (Å²) in [4.78, 5) is 8.20. The summed E-state index contributed by atoms with van der Waals surface area (Å²) in [6.07, 6.45) is 3.31. The predicted octanol–water partition coefficient (Wildman–Crippen LogP) is 3.68. The minimum Gasteiger partial charge on any atom is -0.488 e. The molecule has 0 aliphatic rings. The van der Waals surface area contributed by atoms with Crippen molar-refractivity contribution in [2.45, 2.75) is 20.0 Å². The van der Waals surface area contributed by atoms with E-state index < -0.39 is 0 Å². The number of hydrogen-bond acceptors (Lipinski definition) is 3. The number of halogens is 2. The molecular weight excluding hydrogens is 338 g/mol. The van der Waals surface area contributed by atoms with Crippen molar-refractivity contribution in [1.82, 2.24) is 9.97 Å². The molecule has 0 N–H and O–H groups in total.